The van der Waals surface area contributed by atoms with Gasteiger partial charge in [0.1, 0.15) is 0 Å². The van der Waals surface area contributed by atoms with Crippen molar-refractivity contribution in [2.24, 2.45) is 0 Å². The van der Waals surface area contributed by atoms with Crippen LogP contribution in [0.1, 0.15) is 0 Å². The van der Waals surface area contributed by atoms with Gasteiger partial charge in [0.15, 0.2) is 0 Å². The Kier molecular flexibility index (Phi) is 8.91. The standard InChI is InChI=1S/C9H16O3Si/c1-4-7-10-13(11-8-5-2)12-9-6-3/h4-6,13H,1-3,7-9H2. The summed E-state index contributed by atoms with van der Waals surface area (Å²) in [5.74, 6) is 0. The van der Waals surface area contributed by atoms with E-state index in [0.717, 1.165) is 0 Å². The average Bonchev–Trinajstić information content (AvgIpc) is 2.17. The van der Waals surface area contributed by atoms with Crippen LogP contribution in [0.15, 0.2) is 38.0 Å². The molecule has 3 nitrogen and oxygen atoms in total. The second-order valence-electron chi connectivity index (χ2n) is 2.15. The summed E-state index contributed by atoms with van der Waals surface area (Å²) < 4.78 is 15.8. The van der Waals surface area contributed by atoms with Crippen molar-refractivity contribution in [3.8, 4) is 0 Å². The van der Waals surface area contributed by atoms with Crippen LogP contribution in [0.25, 0.3) is 0 Å². The van der Waals surface area contributed by atoms with E-state index in [1.54, 1.807) is 18.2 Å². The minimum atomic E-state index is -2.00. The molecule has 0 aromatic rings. The number of hydrogen-bond donors (Lipinski definition) is 0. The fraction of sp³-hybridized carbons (Fsp3) is 0.333. The van der Waals surface area contributed by atoms with Crippen molar-refractivity contribution in [2.75, 3.05) is 19.8 Å². The second-order valence-corrected chi connectivity index (χ2v) is 3.73. The summed E-state index contributed by atoms with van der Waals surface area (Å²) in [5, 5.41) is 0. The Hall–Kier alpha value is -0.683. The predicted molar refractivity (Wildman–Crippen MR) is 55.6 cm³/mol. The lowest BCUT2D eigenvalue weighted by molar-refractivity contribution is 0.123. The zero-order chi connectivity index (χ0) is 9.94. The molecule has 0 N–H and O–H groups in total. The minimum Gasteiger partial charge on any atom is -0.372 e. The lowest BCUT2D eigenvalue weighted by Gasteiger charge is -2.13. The summed E-state index contributed by atoms with van der Waals surface area (Å²) in [4.78, 5) is 0. The topological polar surface area (TPSA) is 27.7 Å². The molecule has 0 saturated carbocycles. The Morgan fingerprint density at radius 1 is 0.769 bits per heavy atom. The molecule has 0 rings (SSSR count). The van der Waals surface area contributed by atoms with Crippen LogP contribution in [0, 0.1) is 0 Å². The van der Waals surface area contributed by atoms with Crippen LogP contribution >= 0.6 is 0 Å². The molecule has 0 saturated heterocycles. The fourth-order valence-corrected chi connectivity index (χ4v) is 1.75. The van der Waals surface area contributed by atoms with Gasteiger partial charge in [-0.05, 0) is 0 Å². The molecule has 0 aliphatic rings. The maximum Gasteiger partial charge on any atom is 0.485 e. The third-order valence-electron chi connectivity index (χ3n) is 1.05. The molecule has 0 amide bonds. The molecular weight excluding hydrogens is 184 g/mol. The highest BCUT2D eigenvalue weighted by molar-refractivity contribution is 6.36. The van der Waals surface area contributed by atoms with Crippen molar-refractivity contribution in [3.05, 3.63) is 38.0 Å². The first-order valence-corrected chi connectivity index (χ1v) is 5.44. The molecule has 0 radical (unpaired) electrons. The fourth-order valence-electron chi connectivity index (χ4n) is 0.584. The SMILES string of the molecule is C=CCO[SiH](OCC=C)OCC=C. The Morgan fingerprint density at radius 2 is 1.08 bits per heavy atom. The van der Waals surface area contributed by atoms with Gasteiger partial charge < -0.3 is 13.3 Å². The summed E-state index contributed by atoms with van der Waals surface area (Å²) in [5.41, 5.74) is 0. The van der Waals surface area contributed by atoms with E-state index in [2.05, 4.69) is 19.7 Å². The molecule has 4 heteroatoms. The van der Waals surface area contributed by atoms with Gasteiger partial charge in [0.05, 0.1) is 19.8 Å². The van der Waals surface area contributed by atoms with E-state index in [0.29, 0.717) is 19.8 Å². The van der Waals surface area contributed by atoms with Gasteiger partial charge in [-0.2, -0.15) is 0 Å². The Balaban J connectivity index is 3.64. The molecule has 13 heavy (non-hydrogen) atoms. The van der Waals surface area contributed by atoms with Gasteiger partial charge in [-0.25, -0.2) is 0 Å². The molecule has 0 aromatic carbocycles. The van der Waals surface area contributed by atoms with Gasteiger partial charge in [-0.1, -0.05) is 18.2 Å². The largest absolute Gasteiger partial charge is 0.485 e. The average molecular weight is 200 g/mol. The highest BCUT2D eigenvalue weighted by Crippen LogP contribution is 1.93. The van der Waals surface area contributed by atoms with Gasteiger partial charge in [-0.15, -0.1) is 19.7 Å². The zero-order valence-electron chi connectivity index (χ0n) is 7.78. The molecule has 0 fully saturated rings. The highest BCUT2D eigenvalue weighted by atomic mass is 28.3. The molecule has 0 aliphatic carbocycles. The quantitative estimate of drug-likeness (QED) is 0.415. The number of hydrogen-bond acceptors (Lipinski definition) is 3. The lowest BCUT2D eigenvalue weighted by atomic mass is 10.7. The molecule has 0 aromatic heterocycles. The van der Waals surface area contributed by atoms with E-state index in [9.17, 15) is 0 Å². The van der Waals surface area contributed by atoms with Gasteiger partial charge in [0, 0.05) is 0 Å². The molecule has 0 spiro atoms. The van der Waals surface area contributed by atoms with Crippen LogP contribution in [-0.4, -0.2) is 29.3 Å². The Labute approximate surface area is 81.3 Å². The molecule has 0 unspecified atom stereocenters. The predicted octanol–water partition coefficient (Wildman–Crippen LogP) is 1.31. The Morgan fingerprint density at radius 3 is 1.31 bits per heavy atom. The van der Waals surface area contributed by atoms with Crippen LogP contribution in [0.5, 0.6) is 0 Å². The summed E-state index contributed by atoms with van der Waals surface area (Å²) >= 11 is 0. The first kappa shape index (κ1) is 12.3. The molecule has 0 bridgehead atoms. The van der Waals surface area contributed by atoms with Crippen LogP contribution in [0.2, 0.25) is 0 Å². The third-order valence-corrected chi connectivity index (χ3v) is 2.44. The molecule has 74 valence electrons. The molecule has 0 atom stereocenters. The second kappa shape index (κ2) is 9.41. The van der Waals surface area contributed by atoms with E-state index < -0.39 is 9.53 Å². The van der Waals surface area contributed by atoms with Crippen molar-refractivity contribution in [1.29, 1.82) is 0 Å². The summed E-state index contributed by atoms with van der Waals surface area (Å²) in [6.45, 7) is 12.0. The molecular formula is C9H16O3Si. The van der Waals surface area contributed by atoms with E-state index >= 15 is 0 Å². The molecule has 0 heterocycles. The summed E-state index contributed by atoms with van der Waals surface area (Å²) in [6, 6.07) is 0. The zero-order valence-corrected chi connectivity index (χ0v) is 8.93. The van der Waals surface area contributed by atoms with Crippen LogP contribution < -0.4 is 0 Å². The van der Waals surface area contributed by atoms with Crippen molar-refractivity contribution in [2.45, 2.75) is 0 Å². The maximum absolute atomic E-state index is 5.28. The van der Waals surface area contributed by atoms with E-state index in [1.165, 1.54) is 0 Å². The van der Waals surface area contributed by atoms with Crippen molar-refractivity contribution < 1.29 is 13.3 Å². The van der Waals surface area contributed by atoms with E-state index in [1.807, 2.05) is 0 Å². The molecule has 0 aliphatic heterocycles. The summed E-state index contributed by atoms with van der Waals surface area (Å²) in [6.07, 6.45) is 4.98. The van der Waals surface area contributed by atoms with Gasteiger partial charge in [0.2, 0.25) is 0 Å². The summed E-state index contributed by atoms with van der Waals surface area (Å²) in [7, 11) is -2.00. The number of rotatable bonds is 9. The maximum atomic E-state index is 5.28. The van der Waals surface area contributed by atoms with Crippen LogP contribution in [0.4, 0.5) is 0 Å². The van der Waals surface area contributed by atoms with Gasteiger partial charge in [0.25, 0.3) is 0 Å². The van der Waals surface area contributed by atoms with E-state index in [-0.39, 0.29) is 0 Å². The van der Waals surface area contributed by atoms with Gasteiger partial charge in [-0.3, -0.25) is 0 Å². The normalized spacial score (nSPS) is 9.92. The van der Waals surface area contributed by atoms with Crippen molar-refractivity contribution in [1.82, 2.24) is 0 Å². The smallest absolute Gasteiger partial charge is 0.372 e. The lowest BCUT2D eigenvalue weighted by Crippen LogP contribution is -2.27. The first-order valence-electron chi connectivity index (χ1n) is 4.02. The third kappa shape index (κ3) is 7.67. The monoisotopic (exact) mass is 200 g/mol. The van der Waals surface area contributed by atoms with E-state index in [4.69, 9.17) is 13.3 Å². The highest BCUT2D eigenvalue weighted by Gasteiger charge is 2.12. The van der Waals surface area contributed by atoms with Crippen molar-refractivity contribution in [3.63, 3.8) is 0 Å². The van der Waals surface area contributed by atoms with Crippen LogP contribution in [-0.2, 0) is 13.3 Å². The first-order chi connectivity index (χ1) is 6.35. The van der Waals surface area contributed by atoms with Crippen molar-refractivity contribution >= 4 is 9.53 Å². The minimum absolute atomic E-state index is 0.450. The Bertz CT molecular complexity index is 130. The van der Waals surface area contributed by atoms with Gasteiger partial charge >= 0.3 is 9.53 Å². The van der Waals surface area contributed by atoms with Crippen LogP contribution in [0.3, 0.4) is 0 Å².